The number of ether oxygens (including phenoxy) is 1. The zero-order chi connectivity index (χ0) is 27.9. The van der Waals surface area contributed by atoms with Crippen molar-refractivity contribution in [3.05, 3.63) is 106 Å². The summed E-state index contributed by atoms with van der Waals surface area (Å²) >= 11 is 1.60. The quantitative estimate of drug-likeness (QED) is 0.261. The number of carbonyl (C=O) groups is 1. The number of pyridine rings is 1. The van der Waals surface area contributed by atoms with Gasteiger partial charge in [-0.2, -0.15) is 5.26 Å². The molecule has 0 radical (unpaired) electrons. The molecule has 1 N–H and O–H groups in total. The zero-order valence-electron chi connectivity index (χ0n) is 22.8. The molecule has 1 amide bonds. The van der Waals surface area contributed by atoms with Gasteiger partial charge in [-0.15, -0.1) is 11.3 Å². The Morgan fingerprint density at radius 2 is 1.95 bits per heavy atom. The molecular weight excluding hydrogens is 518 g/mol. The van der Waals surface area contributed by atoms with Crippen LogP contribution in [0.1, 0.15) is 33.2 Å². The van der Waals surface area contributed by atoms with Crippen molar-refractivity contribution in [2.24, 2.45) is 0 Å². The predicted molar refractivity (Wildman–Crippen MR) is 160 cm³/mol. The second-order valence-electron chi connectivity index (χ2n) is 10.1. The predicted octanol–water partition coefficient (Wildman–Crippen LogP) is 5.54. The molecule has 5 rings (SSSR count). The van der Waals surface area contributed by atoms with Crippen LogP contribution in [-0.4, -0.2) is 54.5 Å². The summed E-state index contributed by atoms with van der Waals surface area (Å²) < 4.78 is 6.16. The maximum atomic E-state index is 12.8. The maximum absolute atomic E-state index is 12.8. The summed E-state index contributed by atoms with van der Waals surface area (Å²) in [5, 5.41) is 14.7. The lowest BCUT2D eigenvalue weighted by atomic mass is 10.0. The molecule has 1 aliphatic heterocycles. The van der Waals surface area contributed by atoms with E-state index >= 15 is 0 Å². The molecule has 3 heterocycles. The number of benzene rings is 2. The summed E-state index contributed by atoms with van der Waals surface area (Å²) in [6.07, 6.45) is 5.92. The molecule has 0 saturated carbocycles. The Morgan fingerprint density at radius 1 is 1.20 bits per heavy atom. The summed E-state index contributed by atoms with van der Waals surface area (Å²) in [6.45, 7) is 2.83. The van der Waals surface area contributed by atoms with Crippen molar-refractivity contribution in [2.75, 3.05) is 39.1 Å². The Kier molecular flexibility index (Phi) is 8.87. The molecule has 0 spiro atoms. The molecule has 4 aromatic rings. The second-order valence-corrected chi connectivity index (χ2v) is 11.2. The Morgan fingerprint density at radius 3 is 2.67 bits per heavy atom. The van der Waals surface area contributed by atoms with E-state index in [4.69, 9.17) is 4.74 Å². The van der Waals surface area contributed by atoms with Gasteiger partial charge in [0.15, 0.2) is 0 Å². The van der Waals surface area contributed by atoms with E-state index in [0.29, 0.717) is 38.3 Å². The molecule has 1 atom stereocenters. The molecule has 0 saturated heterocycles. The van der Waals surface area contributed by atoms with Gasteiger partial charge in [0.05, 0.1) is 37.1 Å². The Bertz CT molecular complexity index is 1530. The number of anilines is 1. The van der Waals surface area contributed by atoms with Crippen molar-refractivity contribution in [3.63, 3.8) is 0 Å². The van der Waals surface area contributed by atoms with Gasteiger partial charge in [-0.1, -0.05) is 66.7 Å². The summed E-state index contributed by atoms with van der Waals surface area (Å²) in [4.78, 5) is 23.4. The van der Waals surface area contributed by atoms with Crippen LogP contribution < -0.4 is 5.32 Å². The highest BCUT2D eigenvalue weighted by Crippen LogP contribution is 2.40. The van der Waals surface area contributed by atoms with Crippen LogP contribution in [-0.2, 0) is 29.1 Å². The number of hydrogen-bond acceptors (Lipinski definition) is 7. The van der Waals surface area contributed by atoms with Crippen LogP contribution in [0.25, 0.3) is 10.2 Å². The van der Waals surface area contributed by atoms with Gasteiger partial charge in [0.25, 0.3) is 0 Å². The summed E-state index contributed by atoms with van der Waals surface area (Å²) in [6, 6.07) is 22.5. The number of carbonyl (C=O) groups excluding carboxylic acids is 1. The molecule has 0 fully saturated rings. The highest BCUT2D eigenvalue weighted by atomic mass is 32.1. The first-order chi connectivity index (χ1) is 19.5. The van der Waals surface area contributed by atoms with Gasteiger partial charge in [0, 0.05) is 35.6 Å². The lowest BCUT2D eigenvalue weighted by Crippen LogP contribution is -2.34. The van der Waals surface area contributed by atoms with Gasteiger partial charge in [-0.3, -0.25) is 4.79 Å². The van der Waals surface area contributed by atoms with E-state index in [1.807, 2.05) is 66.4 Å². The van der Waals surface area contributed by atoms with Crippen LogP contribution >= 0.6 is 11.3 Å². The van der Waals surface area contributed by atoms with Crippen LogP contribution in [0.4, 0.5) is 5.69 Å². The van der Waals surface area contributed by atoms with Gasteiger partial charge in [0.2, 0.25) is 5.91 Å². The van der Waals surface area contributed by atoms with E-state index < -0.39 is 0 Å². The molecule has 204 valence electrons. The number of amides is 1. The largest absolute Gasteiger partial charge is 0.374 e. The van der Waals surface area contributed by atoms with Crippen molar-refractivity contribution in [3.8, 4) is 6.07 Å². The van der Waals surface area contributed by atoms with E-state index in [2.05, 4.69) is 40.6 Å². The van der Waals surface area contributed by atoms with E-state index in [9.17, 15) is 10.1 Å². The van der Waals surface area contributed by atoms with Gasteiger partial charge in [0.1, 0.15) is 10.9 Å². The number of nitrogens with zero attached hydrogens (tertiary/aromatic N) is 4. The van der Waals surface area contributed by atoms with Crippen LogP contribution in [0.2, 0.25) is 0 Å². The minimum atomic E-state index is -0.165. The summed E-state index contributed by atoms with van der Waals surface area (Å²) in [5.41, 5.74) is 4.65. The lowest BCUT2D eigenvalue weighted by Gasteiger charge is -2.27. The van der Waals surface area contributed by atoms with Crippen LogP contribution in [0.5, 0.6) is 0 Å². The topological polar surface area (TPSA) is 81.5 Å². The first-order valence-corrected chi connectivity index (χ1v) is 14.2. The maximum Gasteiger partial charge on any atom is 0.246 e. The smallest absolute Gasteiger partial charge is 0.246 e. The van der Waals surface area contributed by atoms with Gasteiger partial charge in [-0.05, 0) is 37.2 Å². The Hall–Kier alpha value is -4.03. The number of hydrogen-bond donors (Lipinski definition) is 1. The molecule has 0 bridgehead atoms. The minimum Gasteiger partial charge on any atom is -0.374 e. The highest BCUT2D eigenvalue weighted by Gasteiger charge is 2.27. The molecule has 0 aliphatic carbocycles. The van der Waals surface area contributed by atoms with Crippen molar-refractivity contribution < 1.29 is 9.53 Å². The molecule has 2 aromatic heterocycles. The van der Waals surface area contributed by atoms with Gasteiger partial charge >= 0.3 is 0 Å². The van der Waals surface area contributed by atoms with Crippen molar-refractivity contribution >= 4 is 33.1 Å². The third-order valence-corrected chi connectivity index (χ3v) is 8.07. The molecule has 2 aromatic carbocycles. The lowest BCUT2D eigenvalue weighted by molar-refractivity contribution is -0.126. The average molecular weight is 552 g/mol. The van der Waals surface area contributed by atoms with Gasteiger partial charge < -0.3 is 19.9 Å². The third-order valence-electron chi connectivity index (χ3n) is 6.95. The second kappa shape index (κ2) is 12.9. The third kappa shape index (κ3) is 6.40. The highest BCUT2D eigenvalue weighted by molar-refractivity contribution is 7.19. The Balaban J connectivity index is 1.42. The Labute approximate surface area is 239 Å². The fourth-order valence-corrected chi connectivity index (χ4v) is 6.12. The van der Waals surface area contributed by atoms with E-state index in [0.717, 1.165) is 38.5 Å². The number of rotatable bonds is 10. The normalized spacial score (nSPS) is 13.9. The minimum absolute atomic E-state index is 0.0219. The van der Waals surface area contributed by atoms with Crippen LogP contribution in [0, 0.1) is 11.3 Å². The first-order valence-electron chi connectivity index (χ1n) is 13.4. The van der Waals surface area contributed by atoms with Gasteiger partial charge in [-0.25, -0.2) is 4.98 Å². The molecule has 7 nitrogen and oxygen atoms in total. The summed E-state index contributed by atoms with van der Waals surface area (Å²) in [7, 11) is 3.95. The number of thiophene rings is 1. The number of fused-ring (bicyclic) bond motifs is 3. The molecule has 40 heavy (non-hydrogen) atoms. The van der Waals surface area contributed by atoms with Crippen LogP contribution in [0.3, 0.4) is 0 Å². The average Bonchev–Trinajstić information content (AvgIpc) is 3.35. The SMILES string of the molecule is CN(C)CC=CC(=O)N1CCc2c(sc3ncc(C#N)c(N[C@H](COCc4ccccc4)c4ccccc4)c23)C1. The molecule has 1 aliphatic rings. The number of nitrogens with one attached hydrogen (secondary N) is 1. The zero-order valence-corrected chi connectivity index (χ0v) is 23.7. The molecular formula is C32H33N5O2S. The number of aromatic nitrogens is 1. The fourth-order valence-electron chi connectivity index (χ4n) is 4.90. The van der Waals surface area contributed by atoms with Crippen molar-refractivity contribution in [1.29, 1.82) is 5.26 Å². The fraction of sp³-hybridized carbons (Fsp3) is 0.281. The number of nitriles is 1. The molecule has 8 heteroatoms. The van der Waals surface area contributed by atoms with E-state index in [1.54, 1.807) is 23.6 Å². The van der Waals surface area contributed by atoms with Crippen molar-refractivity contribution in [2.45, 2.75) is 25.6 Å². The van der Waals surface area contributed by atoms with Crippen molar-refractivity contribution in [1.82, 2.24) is 14.8 Å². The summed E-state index contributed by atoms with van der Waals surface area (Å²) in [5.74, 6) is 0.0219. The van der Waals surface area contributed by atoms with E-state index in [1.165, 1.54) is 5.56 Å². The standard InChI is InChI=1S/C32H33N5O2S/c1-36(2)16-9-14-29(38)37-17-15-26-28(20-37)40-32-30(26)31(25(18-33)19-34-32)35-27(24-12-7-4-8-13-24)22-39-21-23-10-5-3-6-11-23/h3-14,19,27H,15-17,20-22H2,1-2H3,(H,34,35)/t27-/m1/s1. The monoisotopic (exact) mass is 551 g/mol. The van der Waals surface area contributed by atoms with Crippen LogP contribution in [0.15, 0.2) is 79.0 Å². The number of likely N-dealkylation sites (N-methyl/N-ethyl adjacent to an activating group) is 1. The van der Waals surface area contributed by atoms with E-state index in [-0.39, 0.29) is 11.9 Å². The molecule has 0 unspecified atom stereocenters. The first kappa shape index (κ1) is 27.5.